The Morgan fingerprint density at radius 2 is 1.65 bits per heavy atom. The molecule has 1 amide bonds. The molecule has 0 radical (unpaired) electrons. The summed E-state index contributed by atoms with van der Waals surface area (Å²) in [7, 11) is 0. The molecule has 5 aromatic rings. The van der Waals surface area contributed by atoms with Gasteiger partial charge in [-0.2, -0.15) is 18.3 Å². The maximum Gasteiger partial charge on any atom is 0.416 e. The van der Waals surface area contributed by atoms with Crippen molar-refractivity contribution in [3.63, 3.8) is 0 Å². The summed E-state index contributed by atoms with van der Waals surface area (Å²) in [4.78, 5) is 30.6. The lowest BCUT2D eigenvalue weighted by atomic mass is 10.1. The summed E-state index contributed by atoms with van der Waals surface area (Å²) in [6.45, 7) is 0.965. The van der Waals surface area contributed by atoms with Crippen LogP contribution in [0.15, 0.2) is 84.9 Å². The van der Waals surface area contributed by atoms with Gasteiger partial charge in [-0.3, -0.25) is 4.79 Å². The van der Waals surface area contributed by atoms with Gasteiger partial charge in [-0.15, -0.1) is 0 Å². The van der Waals surface area contributed by atoms with Gasteiger partial charge in [0, 0.05) is 5.56 Å². The second-order valence-corrected chi connectivity index (χ2v) is 9.18. The quantitative estimate of drug-likeness (QED) is 0.228. The first-order chi connectivity index (χ1) is 19.1. The van der Waals surface area contributed by atoms with E-state index < -0.39 is 30.2 Å². The second kappa shape index (κ2) is 10.8. The van der Waals surface area contributed by atoms with E-state index in [-0.39, 0.29) is 16.3 Å². The molecule has 0 aliphatic rings. The second-order valence-electron chi connectivity index (χ2n) is 8.77. The maximum atomic E-state index is 13.3. The summed E-state index contributed by atoms with van der Waals surface area (Å²) >= 11 is 5.95. The fraction of sp³-hybridized carbons (Fsp3) is 0.103. The first kappa shape index (κ1) is 26.9. The molecule has 40 heavy (non-hydrogen) atoms. The Morgan fingerprint density at radius 3 is 2.33 bits per heavy atom. The highest BCUT2D eigenvalue weighted by Gasteiger charge is 2.31. The summed E-state index contributed by atoms with van der Waals surface area (Å²) in [5, 5.41) is 7.19. The summed E-state index contributed by atoms with van der Waals surface area (Å²) in [6.07, 6.45) is -4.62. The Labute approximate surface area is 231 Å². The number of ether oxygens (including phenoxy) is 1. The molecular formula is C29H20ClF3N4O3. The number of nitrogens with zero attached hydrogens (tertiary/aromatic N) is 3. The van der Waals surface area contributed by atoms with Crippen molar-refractivity contribution in [1.29, 1.82) is 0 Å². The molecule has 0 saturated carbocycles. The van der Waals surface area contributed by atoms with Crippen LogP contribution in [0.3, 0.4) is 0 Å². The van der Waals surface area contributed by atoms with E-state index in [0.717, 1.165) is 23.4 Å². The standard InChI is InChI=1S/C29H20ClF3N4O3/c1-17-26-21(28(39)40-16-25(38)34-24-14-19(29(31,32)33)12-13-22(24)30)15-23(18-8-4-2-5-9-18)35-27(26)37(36-17)20-10-6-3-7-11-20/h2-15H,16H2,1H3,(H,34,38). The molecule has 2 aromatic heterocycles. The summed E-state index contributed by atoms with van der Waals surface area (Å²) in [5.74, 6) is -1.69. The zero-order valence-electron chi connectivity index (χ0n) is 20.9. The first-order valence-electron chi connectivity index (χ1n) is 12.0. The van der Waals surface area contributed by atoms with Crippen molar-refractivity contribution in [3.05, 3.63) is 107 Å². The van der Waals surface area contributed by atoms with Crippen LogP contribution in [-0.2, 0) is 15.7 Å². The van der Waals surface area contributed by atoms with E-state index in [4.69, 9.17) is 21.3 Å². The lowest BCUT2D eigenvalue weighted by Gasteiger charge is -2.12. The van der Waals surface area contributed by atoms with Crippen LogP contribution < -0.4 is 5.32 Å². The normalized spacial score (nSPS) is 11.4. The minimum absolute atomic E-state index is 0.0972. The number of rotatable bonds is 6. The lowest BCUT2D eigenvalue weighted by Crippen LogP contribution is -2.21. The van der Waals surface area contributed by atoms with E-state index in [0.29, 0.717) is 28.5 Å². The molecule has 3 aromatic carbocycles. The number of benzene rings is 3. The molecule has 0 bridgehead atoms. The summed E-state index contributed by atoms with van der Waals surface area (Å²) in [6, 6.07) is 22.6. The Morgan fingerprint density at radius 1 is 0.975 bits per heavy atom. The van der Waals surface area contributed by atoms with Gasteiger partial charge in [-0.25, -0.2) is 14.5 Å². The molecule has 0 atom stereocenters. The number of esters is 1. The Kier molecular flexibility index (Phi) is 7.27. The van der Waals surface area contributed by atoms with Gasteiger partial charge in [0.2, 0.25) is 0 Å². The highest BCUT2D eigenvalue weighted by atomic mass is 35.5. The van der Waals surface area contributed by atoms with Gasteiger partial charge in [0.1, 0.15) is 0 Å². The minimum atomic E-state index is -4.62. The molecule has 7 nitrogen and oxygen atoms in total. The minimum Gasteiger partial charge on any atom is -0.452 e. The Hall–Kier alpha value is -4.70. The fourth-order valence-corrected chi connectivity index (χ4v) is 4.31. The van der Waals surface area contributed by atoms with Gasteiger partial charge in [-0.05, 0) is 43.3 Å². The number of nitrogens with one attached hydrogen (secondary N) is 1. The van der Waals surface area contributed by atoms with Crippen molar-refractivity contribution in [2.24, 2.45) is 0 Å². The number of fused-ring (bicyclic) bond motifs is 1. The van der Waals surface area contributed by atoms with E-state index in [9.17, 15) is 22.8 Å². The average Bonchev–Trinajstić information content (AvgIpc) is 3.29. The number of halogens is 4. The van der Waals surface area contributed by atoms with E-state index in [1.807, 2.05) is 60.7 Å². The molecule has 0 fully saturated rings. The predicted molar refractivity (Wildman–Crippen MR) is 144 cm³/mol. The number of amides is 1. The van der Waals surface area contributed by atoms with E-state index in [2.05, 4.69) is 10.4 Å². The molecule has 0 aliphatic heterocycles. The zero-order chi connectivity index (χ0) is 28.4. The van der Waals surface area contributed by atoms with Crippen molar-refractivity contribution >= 4 is 40.2 Å². The highest BCUT2D eigenvalue weighted by molar-refractivity contribution is 6.33. The molecule has 0 saturated heterocycles. The van der Waals surface area contributed by atoms with E-state index in [1.165, 1.54) is 0 Å². The zero-order valence-corrected chi connectivity index (χ0v) is 21.6. The van der Waals surface area contributed by atoms with Gasteiger partial charge >= 0.3 is 12.1 Å². The lowest BCUT2D eigenvalue weighted by molar-refractivity contribution is -0.137. The molecule has 2 heterocycles. The predicted octanol–water partition coefficient (Wildman–Crippen LogP) is 6.86. The summed E-state index contributed by atoms with van der Waals surface area (Å²) < 4.78 is 46.1. The van der Waals surface area contributed by atoms with Crippen molar-refractivity contribution in [2.75, 3.05) is 11.9 Å². The van der Waals surface area contributed by atoms with Gasteiger partial charge < -0.3 is 10.1 Å². The van der Waals surface area contributed by atoms with Crippen molar-refractivity contribution in [2.45, 2.75) is 13.1 Å². The number of aryl methyl sites for hydroxylation is 1. The third kappa shape index (κ3) is 5.52. The van der Waals surface area contributed by atoms with Crippen LogP contribution in [0.1, 0.15) is 21.6 Å². The van der Waals surface area contributed by atoms with Gasteiger partial charge in [0.15, 0.2) is 12.3 Å². The van der Waals surface area contributed by atoms with Crippen LogP contribution >= 0.6 is 11.6 Å². The molecule has 0 unspecified atom stereocenters. The SMILES string of the molecule is Cc1nn(-c2ccccc2)c2nc(-c3ccccc3)cc(C(=O)OCC(=O)Nc3cc(C(F)(F)F)ccc3Cl)c12. The monoisotopic (exact) mass is 564 g/mol. The average molecular weight is 565 g/mol. The Bertz CT molecular complexity index is 1720. The van der Waals surface area contributed by atoms with Crippen LogP contribution in [0.4, 0.5) is 18.9 Å². The molecule has 0 spiro atoms. The van der Waals surface area contributed by atoms with Gasteiger partial charge in [0.25, 0.3) is 5.91 Å². The van der Waals surface area contributed by atoms with Crippen molar-refractivity contribution < 1.29 is 27.5 Å². The van der Waals surface area contributed by atoms with Crippen molar-refractivity contribution in [1.82, 2.24) is 14.8 Å². The molecule has 0 aliphatic carbocycles. The van der Waals surface area contributed by atoms with Crippen LogP contribution in [0.25, 0.3) is 28.0 Å². The highest BCUT2D eigenvalue weighted by Crippen LogP contribution is 2.34. The fourth-order valence-electron chi connectivity index (χ4n) is 4.15. The third-order valence-corrected chi connectivity index (χ3v) is 6.33. The number of anilines is 1. The van der Waals surface area contributed by atoms with Crippen LogP contribution in [0.2, 0.25) is 5.02 Å². The van der Waals surface area contributed by atoms with E-state index in [1.54, 1.807) is 17.7 Å². The maximum absolute atomic E-state index is 13.3. The molecular weight excluding hydrogens is 545 g/mol. The summed E-state index contributed by atoms with van der Waals surface area (Å²) in [5.41, 5.74) is 1.78. The number of para-hydroxylation sites is 1. The van der Waals surface area contributed by atoms with Gasteiger partial charge in [0.05, 0.1) is 44.3 Å². The molecule has 5 rings (SSSR count). The number of aromatic nitrogens is 3. The smallest absolute Gasteiger partial charge is 0.416 e. The van der Waals surface area contributed by atoms with Crippen LogP contribution in [0.5, 0.6) is 0 Å². The molecule has 202 valence electrons. The van der Waals surface area contributed by atoms with Crippen LogP contribution in [-0.4, -0.2) is 33.2 Å². The molecule has 1 N–H and O–H groups in total. The third-order valence-electron chi connectivity index (χ3n) is 6.01. The Balaban J connectivity index is 1.46. The van der Waals surface area contributed by atoms with Crippen LogP contribution in [0, 0.1) is 6.92 Å². The van der Waals surface area contributed by atoms with E-state index >= 15 is 0 Å². The topological polar surface area (TPSA) is 86.1 Å². The number of carbonyl (C=O) groups is 2. The number of hydrogen-bond donors (Lipinski definition) is 1. The molecule has 11 heteroatoms. The largest absolute Gasteiger partial charge is 0.452 e. The van der Waals surface area contributed by atoms with Crippen molar-refractivity contribution in [3.8, 4) is 16.9 Å². The van der Waals surface area contributed by atoms with Gasteiger partial charge in [-0.1, -0.05) is 60.1 Å². The number of carbonyl (C=O) groups excluding carboxylic acids is 2. The number of hydrogen-bond acceptors (Lipinski definition) is 5. The number of alkyl halides is 3. The number of pyridine rings is 1. The first-order valence-corrected chi connectivity index (χ1v) is 12.3.